The minimum atomic E-state index is -0.210. The van der Waals surface area contributed by atoms with Crippen LogP contribution in [0.3, 0.4) is 0 Å². The highest BCUT2D eigenvalue weighted by Crippen LogP contribution is 2.33. The van der Waals surface area contributed by atoms with Crippen LogP contribution in [-0.2, 0) is 4.74 Å². The number of aliphatic hydroxyl groups is 1. The van der Waals surface area contributed by atoms with Crippen LogP contribution < -0.4 is 10.2 Å². The largest absolute Gasteiger partial charge is 0.393 e. The number of aromatic nitrogens is 3. The number of nitrogens with zero attached hydrogens (tertiary/aromatic N) is 4. The number of piperidine rings is 1. The molecule has 0 aromatic carbocycles. The van der Waals surface area contributed by atoms with Crippen LogP contribution in [0.2, 0.25) is 0 Å². The molecule has 31 heavy (non-hydrogen) atoms. The highest BCUT2D eigenvalue weighted by Gasteiger charge is 2.23. The molecule has 0 saturated carbocycles. The van der Waals surface area contributed by atoms with E-state index in [1.165, 1.54) is 11.3 Å². The van der Waals surface area contributed by atoms with Gasteiger partial charge < -0.3 is 20.1 Å². The van der Waals surface area contributed by atoms with Gasteiger partial charge in [0.2, 0.25) is 0 Å². The molecule has 0 atom stereocenters. The highest BCUT2D eigenvalue weighted by molar-refractivity contribution is 7.20. The number of thiophene rings is 1. The molecule has 164 valence electrons. The predicted octanol–water partition coefficient (Wildman–Crippen LogP) is 3.37. The van der Waals surface area contributed by atoms with Crippen LogP contribution in [0.4, 0.5) is 11.5 Å². The van der Waals surface area contributed by atoms with E-state index in [1.807, 2.05) is 25.1 Å². The summed E-state index contributed by atoms with van der Waals surface area (Å²) < 4.78 is 7.56. The van der Waals surface area contributed by atoms with E-state index in [1.54, 1.807) is 6.20 Å². The molecule has 3 aromatic rings. The van der Waals surface area contributed by atoms with Crippen LogP contribution in [0, 0.1) is 6.92 Å². The fourth-order valence-corrected chi connectivity index (χ4v) is 5.42. The smallest absolute Gasteiger partial charge is 0.265 e. The second-order valence-corrected chi connectivity index (χ2v) is 9.31. The summed E-state index contributed by atoms with van der Waals surface area (Å²) in [5.41, 5.74) is 1.63. The molecular weight excluding hydrogens is 414 g/mol. The Morgan fingerprint density at radius 1 is 1.23 bits per heavy atom. The van der Waals surface area contributed by atoms with Crippen LogP contribution in [0.1, 0.15) is 47.1 Å². The Morgan fingerprint density at radius 3 is 2.71 bits per heavy atom. The van der Waals surface area contributed by atoms with Crippen LogP contribution in [0.15, 0.2) is 24.4 Å². The molecule has 0 radical (unpaired) electrons. The normalized spacial score (nSPS) is 18.6. The number of carbonyl (C=O) groups excluding carboxylic acids is 1. The van der Waals surface area contributed by atoms with Crippen molar-refractivity contribution < 1.29 is 14.6 Å². The number of amides is 1. The number of fused-ring (bicyclic) bond motifs is 1. The lowest BCUT2D eigenvalue weighted by Crippen LogP contribution is -2.36. The molecule has 9 heteroatoms. The Labute approximate surface area is 184 Å². The molecule has 2 fully saturated rings. The molecule has 0 bridgehead atoms. The van der Waals surface area contributed by atoms with E-state index in [4.69, 9.17) is 9.84 Å². The molecule has 5 rings (SSSR count). The third-order valence-electron chi connectivity index (χ3n) is 6.12. The fraction of sp³-hybridized carbons (Fsp3) is 0.500. The topological polar surface area (TPSA) is 92.5 Å². The Morgan fingerprint density at radius 2 is 2.00 bits per heavy atom. The van der Waals surface area contributed by atoms with Gasteiger partial charge in [-0.1, -0.05) is 0 Å². The molecule has 0 spiro atoms. The summed E-state index contributed by atoms with van der Waals surface area (Å²) in [4.78, 5) is 21.3. The molecule has 3 aromatic heterocycles. The van der Waals surface area contributed by atoms with Crippen LogP contribution in [0.25, 0.3) is 10.2 Å². The average Bonchev–Trinajstić information content (AvgIpc) is 3.36. The summed E-state index contributed by atoms with van der Waals surface area (Å²) in [6.45, 7) is 5.10. The summed E-state index contributed by atoms with van der Waals surface area (Å²) in [6.07, 6.45) is 4.90. The standard InChI is InChI=1S/C22H27N5O3S/c1-14-18-12-19(31-22(18)27(25-14)16-6-10-30-11-7-16)21(29)24-15-2-3-20(23-13-15)26-8-4-17(28)5-9-26/h2-3,12-13,16-17,28H,4-11H2,1H3,(H,24,29). The number of pyridine rings is 1. The molecule has 5 heterocycles. The molecule has 0 unspecified atom stereocenters. The number of rotatable bonds is 4. The zero-order valence-corrected chi connectivity index (χ0v) is 18.4. The summed E-state index contributed by atoms with van der Waals surface area (Å²) in [7, 11) is 0. The van der Waals surface area contributed by atoms with Gasteiger partial charge in [0.25, 0.3) is 5.91 Å². The van der Waals surface area contributed by atoms with E-state index < -0.39 is 0 Å². The summed E-state index contributed by atoms with van der Waals surface area (Å²) in [5.74, 6) is 0.744. The third kappa shape index (κ3) is 4.17. The highest BCUT2D eigenvalue weighted by atomic mass is 32.1. The molecule has 1 amide bonds. The Bertz CT molecular complexity index is 1060. The quantitative estimate of drug-likeness (QED) is 0.645. The molecular formula is C22H27N5O3S. The number of aryl methyl sites for hydroxylation is 1. The van der Waals surface area contributed by atoms with Gasteiger partial charge in [-0.2, -0.15) is 5.10 Å². The SMILES string of the molecule is Cc1nn(C2CCOCC2)c2sc(C(=O)Nc3ccc(N4CCC(O)CC4)nc3)cc12. The fourth-order valence-electron chi connectivity index (χ4n) is 4.30. The molecule has 2 aliphatic rings. The number of hydrogen-bond donors (Lipinski definition) is 2. The number of ether oxygens (including phenoxy) is 1. The van der Waals surface area contributed by atoms with Crippen LogP contribution in [-0.4, -0.2) is 58.2 Å². The van der Waals surface area contributed by atoms with E-state index in [9.17, 15) is 9.90 Å². The van der Waals surface area contributed by atoms with E-state index in [0.29, 0.717) is 16.6 Å². The van der Waals surface area contributed by atoms with Gasteiger partial charge in [-0.05, 0) is 50.8 Å². The zero-order chi connectivity index (χ0) is 21.4. The molecule has 2 saturated heterocycles. The average molecular weight is 442 g/mol. The maximum atomic E-state index is 12.9. The number of carbonyl (C=O) groups is 1. The van der Waals surface area contributed by atoms with Crippen molar-refractivity contribution in [3.05, 3.63) is 35.0 Å². The Hall–Kier alpha value is -2.49. The lowest BCUT2D eigenvalue weighted by molar-refractivity contribution is 0.0675. The van der Waals surface area contributed by atoms with E-state index in [2.05, 4.69) is 19.9 Å². The lowest BCUT2D eigenvalue weighted by Gasteiger charge is -2.30. The van der Waals surface area contributed by atoms with Crippen molar-refractivity contribution in [2.75, 3.05) is 36.5 Å². The van der Waals surface area contributed by atoms with Crippen molar-refractivity contribution in [2.24, 2.45) is 0 Å². The van der Waals surface area contributed by atoms with Gasteiger partial charge in [0.1, 0.15) is 10.6 Å². The van der Waals surface area contributed by atoms with Crippen molar-refractivity contribution in [1.82, 2.24) is 14.8 Å². The van der Waals surface area contributed by atoms with Gasteiger partial charge in [-0.15, -0.1) is 11.3 Å². The number of aliphatic hydroxyl groups excluding tert-OH is 1. The Kier molecular flexibility index (Phi) is 5.64. The first-order chi connectivity index (χ1) is 15.1. The predicted molar refractivity (Wildman–Crippen MR) is 121 cm³/mol. The van der Waals surface area contributed by atoms with Crippen molar-refractivity contribution in [3.8, 4) is 0 Å². The summed E-state index contributed by atoms with van der Waals surface area (Å²) >= 11 is 1.49. The summed E-state index contributed by atoms with van der Waals surface area (Å²) in [6, 6.07) is 6.07. The van der Waals surface area contributed by atoms with Gasteiger partial charge in [0.15, 0.2) is 0 Å². The number of hydrogen-bond acceptors (Lipinski definition) is 7. The van der Waals surface area contributed by atoms with Gasteiger partial charge >= 0.3 is 0 Å². The maximum absolute atomic E-state index is 12.9. The van der Waals surface area contributed by atoms with E-state index in [-0.39, 0.29) is 12.0 Å². The number of nitrogens with one attached hydrogen (secondary N) is 1. The van der Waals surface area contributed by atoms with Gasteiger partial charge in [-0.3, -0.25) is 9.48 Å². The first kappa shape index (κ1) is 20.4. The number of anilines is 2. The molecule has 8 nitrogen and oxygen atoms in total. The van der Waals surface area contributed by atoms with Crippen LogP contribution in [0.5, 0.6) is 0 Å². The van der Waals surface area contributed by atoms with E-state index >= 15 is 0 Å². The van der Waals surface area contributed by atoms with Crippen molar-refractivity contribution >= 4 is 39.0 Å². The lowest BCUT2D eigenvalue weighted by atomic mass is 10.1. The second kappa shape index (κ2) is 8.57. The van der Waals surface area contributed by atoms with Gasteiger partial charge in [-0.25, -0.2) is 4.98 Å². The minimum Gasteiger partial charge on any atom is -0.393 e. The zero-order valence-electron chi connectivity index (χ0n) is 17.6. The second-order valence-electron chi connectivity index (χ2n) is 8.28. The van der Waals surface area contributed by atoms with Gasteiger partial charge in [0, 0.05) is 31.7 Å². The van der Waals surface area contributed by atoms with Crippen molar-refractivity contribution in [2.45, 2.75) is 44.8 Å². The van der Waals surface area contributed by atoms with E-state index in [0.717, 1.165) is 73.7 Å². The third-order valence-corrected chi connectivity index (χ3v) is 7.25. The monoisotopic (exact) mass is 441 g/mol. The van der Waals surface area contributed by atoms with Crippen molar-refractivity contribution in [3.63, 3.8) is 0 Å². The van der Waals surface area contributed by atoms with Crippen molar-refractivity contribution in [1.29, 1.82) is 0 Å². The summed E-state index contributed by atoms with van der Waals surface area (Å²) in [5, 5.41) is 18.4. The molecule has 2 N–H and O–H groups in total. The van der Waals surface area contributed by atoms with Gasteiger partial charge in [0.05, 0.1) is 34.6 Å². The molecule has 0 aliphatic carbocycles. The Balaban J connectivity index is 1.30. The first-order valence-corrected chi connectivity index (χ1v) is 11.7. The first-order valence-electron chi connectivity index (χ1n) is 10.9. The van der Waals surface area contributed by atoms with Crippen LogP contribution >= 0.6 is 11.3 Å². The maximum Gasteiger partial charge on any atom is 0.265 e. The molecule has 2 aliphatic heterocycles. The minimum absolute atomic E-state index is 0.130.